The van der Waals surface area contributed by atoms with Crippen molar-refractivity contribution in [3.05, 3.63) is 101 Å². The number of anilines is 1. The number of carbonyl (C=O) groups is 2. The second-order valence-electron chi connectivity index (χ2n) is 8.63. The van der Waals surface area contributed by atoms with Gasteiger partial charge >= 0.3 is 0 Å². The summed E-state index contributed by atoms with van der Waals surface area (Å²) >= 11 is 1.20. The Labute approximate surface area is 211 Å². The molecule has 3 aromatic rings. The Morgan fingerprint density at radius 1 is 1.00 bits per heavy atom. The molecule has 0 fully saturated rings. The number of aliphatic imine (C=N–C) groups is 1. The molecule has 0 unspecified atom stereocenters. The Hall–Kier alpha value is -3.85. The zero-order chi connectivity index (χ0) is 25.2. The van der Waals surface area contributed by atoms with E-state index in [1.54, 1.807) is 17.1 Å². The fourth-order valence-corrected chi connectivity index (χ4v) is 5.13. The van der Waals surface area contributed by atoms with E-state index in [1.165, 1.54) is 48.2 Å². The van der Waals surface area contributed by atoms with Crippen molar-refractivity contribution in [1.29, 1.82) is 0 Å². The quantitative estimate of drug-likeness (QED) is 0.501. The summed E-state index contributed by atoms with van der Waals surface area (Å²) in [4.78, 5) is 29.4. The van der Waals surface area contributed by atoms with Crippen molar-refractivity contribution in [3.8, 4) is 0 Å². The molecule has 182 valence electrons. The van der Waals surface area contributed by atoms with Gasteiger partial charge in [0.25, 0.3) is 5.91 Å². The van der Waals surface area contributed by atoms with Gasteiger partial charge in [0.15, 0.2) is 5.17 Å². The zero-order valence-corrected chi connectivity index (χ0v) is 20.1. The van der Waals surface area contributed by atoms with Crippen LogP contribution in [0.5, 0.6) is 0 Å². The largest absolute Gasteiger partial charge is 0.326 e. The van der Waals surface area contributed by atoms with Gasteiger partial charge in [-0.05, 0) is 54.4 Å². The van der Waals surface area contributed by atoms with Crippen molar-refractivity contribution in [2.75, 3.05) is 5.32 Å². The van der Waals surface area contributed by atoms with Gasteiger partial charge < -0.3 is 5.32 Å². The van der Waals surface area contributed by atoms with E-state index in [0.717, 1.165) is 22.4 Å². The van der Waals surface area contributed by atoms with E-state index in [0.29, 0.717) is 17.3 Å². The summed E-state index contributed by atoms with van der Waals surface area (Å²) in [6.45, 7) is 2.01. The van der Waals surface area contributed by atoms with E-state index in [1.807, 2.05) is 31.2 Å². The molecule has 5 rings (SSSR count). The van der Waals surface area contributed by atoms with Gasteiger partial charge in [0, 0.05) is 18.5 Å². The van der Waals surface area contributed by atoms with Crippen molar-refractivity contribution in [1.82, 2.24) is 5.01 Å². The first kappa shape index (κ1) is 23.9. The molecule has 0 saturated heterocycles. The van der Waals surface area contributed by atoms with Crippen molar-refractivity contribution < 1.29 is 18.4 Å². The van der Waals surface area contributed by atoms with Gasteiger partial charge in [-0.2, -0.15) is 10.1 Å². The summed E-state index contributed by atoms with van der Waals surface area (Å²) in [5, 5.41) is 8.90. The fourth-order valence-electron chi connectivity index (χ4n) is 4.07. The summed E-state index contributed by atoms with van der Waals surface area (Å²) in [7, 11) is 0. The highest BCUT2D eigenvalue weighted by molar-refractivity contribution is 8.15. The number of nitrogens with zero attached hydrogens (tertiary/aromatic N) is 3. The molecule has 3 aromatic carbocycles. The standard InChI is InChI=1S/C27H22F2N4O2S/c1-16-2-4-18(5-3-16)23-14-22(17-6-8-19(28)9-7-17)32-33(23)27-31-26(35)24(36-27)15-25(34)30-21-12-10-20(29)11-13-21/h2-13,23-24H,14-15H2,1H3,(H,30,34)/t23-,24-/m0/s1. The maximum absolute atomic E-state index is 13.5. The smallest absolute Gasteiger partial charge is 0.262 e. The molecule has 9 heteroatoms. The van der Waals surface area contributed by atoms with Crippen LogP contribution in [0.4, 0.5) is 14.5 Å². The Morgan fingerprint density at radius 3 is 2.31 bits per heavy atom. The lowest BCUT2D eigenvalue weighted by molar-refractivity contribution is -0.121. The predicted molar refractivity (Wildman–Crippen MR) is 137 cm³/mol. The van der Waals surface area contributed by atoms with Gasteiger partial charge in [-0.3, -0.25) is 9.59 Å². The second kappa shape index (κ2) is 10.0. The molecule has 2 aliphatic rings. The summed E-state index contributed by atoms with van der Waals surface area (Å²) in [6.07, 6.45) is 0.476. The maximum Gasteiger partial charge on any atom is 0.262 e. The van der Waals surface area contributed by atoms with Crippen LogP contribution in [0, 0.1) is 18.6 Å². The van der Waals surface area contributed by atoms with E-state index in [4.69, 9.17) is 5.10 Å². The number of halogens is 2. The summed E-state index contributed by atoms with van der Waals surface area (Å²) in [6, 6.07) is 19.4. The first-order valence-corrected chi connectivity index (χ1v) is 12.3. The highest BCUT2D eigenvalue weighted by Crippen LogP contribution is 2.38. The number of hydrogen-bond donors (Lipinski definition) is 1. The lowest BCUT2D eigenvalue weighted by Gasteiger charge is -2.23. The van der Waals surface area contributed by atoms with Crippen molar-refractivity contribution >= 4 is 40.1 Å². The van der Waals surface area contributed by atoms with Crippen LogP contribution in [0.2, 0.25) is 0 Å². The fraction of sp³-hybridized carbons (Fsp3) is 0.185. The minimum Gasteiger partial charge on any atom is -0.326 e. The number of benzene rings is 3. The molecule has 0 spiro atoms. The Morgan fingerprint density at radius 2 is 1.64 bits per heavy atom. The van der Waals surface area contributed by atoms with E-state index in [2.05, 4.69) is 10.3 Å². The van der Waals surface area contributed by atoms with Gasteiger partial charge in [-0.15, -0.1) is 0 Å². The van der Waals surface area contributed by atoms with Crippen LogP contribution in [0.15, 0.2) is 82.9 Å². The Balaban J connectivity index is 1.35. The molecule has 1 N–H and O–H groups in total. The summed E-state index contributed by atoms with van der Waals surface area (Å²) < 4.78 is 26.6. The van der Waals surface area contributed by atoms with Crippen LogP contribution in [-0.2, 0) is 9.59 Å². The SMILES string of the molecule is Cc1ccc([C@@H]2CC(c3ccc(F)cc3)=NN2C2=NC(=O)[C@H](CC(=O)Nc3ccc(F)cc3)S2)cc1. The Kier molecular flexibility index (Phi) is 6.65. The van der Waals surface area contributed by atoms with Crippen LogP contribution in [0.25, 0.3) is 0 Å². The van der Waals surface area contributed by atoms with Crippen molar-refractivity contribution in [3.63, 3.8) is 0 Å². The lowest BCUT2D eigenvalue weighted by atomic mass is 9.98. The molecule has 6 nitrogen and oxygen atoms in total. The zero-order valence-electron chi connectivity index (χ0n) is 19.3. The second-order valence-corrected chi connectivity index (χ2v) is 9.80. The van der Waals surface area contributed by atoms with Crippen molar-refractivity contribution in [2.24, 2.45) is 10.1 Å². The minimum absolute atomic E-state index is 0.0779. The molecule has 0 saturated carbocycles. The van der Waals surface area contributed by atoms with Crippen LogP contribution in [0.3, 0.4) is 0 Å². The number of amidine groups is 1. The molecule has 2 amide bonds. The molecule has 36 heavy (non-hydrogen) atoms. The number of aryl methyl sites for hydroxylation is 1. The number of nitrogens with one attached hydrogen (secondary N) is 1. The third kappa shape index (κ3) is 5.21. The molecular formula is C27H22F2N4O2S. The average molecular weight is 505 g/mol. The highest BCUT2D eigenvalue weighted by Gasteiger charge is 2.39. The van der Waals surface area contributed by atoms with Crippen molar-refractivity contribution in [2.45, 2.75) is 31.1 Å². The number of hydrazone groups is 1. The van der Waals surface area contributed by atoms with Gasteiger partial charge in [-0.1, -0.05) is 53.7 Å². The lowest BCUT2D eigenvalue weighted by Crippen LogP contribution is -2.25. The van der Waals surface area contributed by atoms with Crippen LogP contribution in [0.1, 0.15) is 35.6 Å². The van der Waals surface area contributed by atoms with E-state index in [-0.39, 0.29) is 24.2 Å². The molecule has 2 aliphatic heterocycles. The number of rotatable bonds is 5. The summed E-state index contributed by atoms with van der Waals surface area (Å²) in [5.74, 6) is -1.50. The number of thioether (sulfide) groups is 1. The normalized spacial score (nSPS) is 19.3. The molecule has 2 atom stereocenters. The van der Waals surface area contributed by atoms with E-state index in [9.17, 15) is 18.4 Å². The number of carbonyl (C=O) groups excluding carboxylic acids is 2. The first-order chi connectivity index (χ1) is 17.4. The Bertz CT molecular complexity index is 1360. The third-order valence-corrected chi connectivity index (χ3v) is 7.12. The van der Waals surface area contributed by atoms with Gasteiger partial charge in [-0.25, -0.2) is 13.8 Å². The molecule has 0 aromatic heterocycles. The van der Waals surface area contributed by atoms with E-state index >= 15 is 0 Å². The predicted octanol–water partition coefficient (Wildman–Crippen LogP) is 5.45. The number of hydrogen-bond acceptors (Lipinski definition) is 5. The molecular weight excluding hydrogens is 482 g/mol. The van der Waals surface area contributed by atoms with Crippen LogP contribution < -0.4 is 5.32 Å². The maximum atomic E-state index is 13.5. The molecule has 0 bridgehead atoms. The first-order valence-electron chi connectivity index (χ1n) is 11.4. The summed E-state index contributed by atoms with van der Waals surface area (Å²) in [5.41, 5.74) is 4.13. The van der Waals surface area contributed by atoms with Gasteiger partial charge in [0.1, 0.15) is 16.9 Å². The van der Waals surface area contributed by atoms with E-state index < -0.39 is 17.0 Å². The van der Waals surface area contributed by atoms with Crippen LogP contribution in [-0.4, -0.2) is 33.0 Å². The molecule has 0 radical (unpaired) electrons. The monoisotopic (exact) mass is 504 g/mol. The molecule has 2 heterocycles. The minimum atomic E-state index is -0.691. The molecule has 0 aliphatic carbocycles. The van der Waals surface area contributed by atoms with Crippen LogP contribution >= 0.6 is 11.8 Å². The van der Waals surface area contributed by atoms with Gasteiger partial charge in [0.2, 0.25) is 5.91 Å². The average Bonchev–Trinajstić information content (AvgIpc) is 3.45. The van der Waals surface area contributed by atoms with Gasteiger partial charge in [0.05, 0.1) is 11.8 Å². The highest BCUT2D eigenvalue weighted by atomic mass is 32.2. The number of amides is 2. The topological polar surface area (TPSA) is 74.1 Å². The third-order valence-electron chi connectivity index (χ3n) is 5.97.